The first kappa shape index (κ1) is 15.1. The van der Waals surface area contributed by atoms with Crippen LogP contribution in [-0.2, 0) is 6.54 Å². The Morgan fingerprint density at radius 2 is 2.10 bits per heavy atom. The van der Waals surface area contributed by atoms with Gasteiger partial charge in [0.25, 0.3) is 0 Å². The van der Waals surface area contributed by atoms with Crippen LogP contribution in [0.3, 0.4) is 0 Å². The highest BCUT2D eigenvalue weighted by Gasteiger charge is 2.21. The molecule has 0 bridgehead atoms. The molecule has 1 aromatic carbocycles. The number of hydrogen-bond donors (Lipinski definition) is 1. The van der Waals surface area contributed by atoms with E-state index < -0.39 is 0 Å². The van der Waals surface area contributed by atoms with Crippen molar-refractivity contribution in [1.82, 2.24) is 10.3 Å². The largest absolute Gasteiger partial charge is 0.437 e. The number of hydrogen-bond acceptors (Lipinski definition) is 3. The molecule has 0 aliphatic heterocycles. The molecular weight excluding hydrogens is 375 g/mol. The van der Waals surface area contributed by atoms with Crippen molar-refractivity contribution in [2.45, 2.75) is 25.4 Å². The summed E-state index contributed by atoms with van der Waals surface area (Å²) in [4.78, 5) is 4.29. The van der Waals surface area contributed by atoms with Gasteiger partial charge in [-0.15, -0.1) is 0 Å². The Kier molecular flexibility index (Phi) is 4.69. The van der Waals surface area contributed by atoms with Crippen molar-refractivity contribution in [3.63, 3.8) is 0 Å². The van der Waals surface area contributed by atoms with Crippen LogP contribution in [0, 0.1) is 0 Å². The molecule has 1 heterocycles. The maximum absolute atomic E-state index is 6.18. The summed E-state index contributed by atoms with van der Waals surface area (Å²) < 4.78 is 6.57. The molecule has 0 saturated heterocycles. The number of rotatable bonds is 5. The van der Waals surface area contributed by atoms with Crippen LogP contribution >= 0.6 is 39.1 Å². The fourth-order valence-electron chi connectivity index (χ4n) is 1.88. The minimum absolute atomic E-state index is 0.484. The molecule has 1 aliphatic carbocycles. The average molecular weight is 388 g/mol. The number of benzene rings is 1. The van der Waals surface area contributed by atoms with Gasteiger partial charge in [0, 0.05) is 34.9 Å². The molecule has 0 radical (unpaired) electrons. The third-order valence-electron chi connectivity index (χ3n) is 3.19. The Bertz CT molecular complexity index is 662. The van der Waals surface area contributed by atoms with Gasteiger partial charge in [-0.2, -0.15) is 0 Å². The van der Waals surface area contributed by atoms with Crippen molar-refractivity contribution in [3.05, 3.63) is 50.5 Å². The number of pyridine rings is 1. The summed E-state index contributed by atoms with van der Waals surface area (Å²) in [7, 11) is 0. The summed E-state index contributed by atoms with van der Waals surface area (Å²) in [6.45, 7) is 0.732. The van der Waals surface area contributed by atoms with Gasteiger partial charge < -0.3 is 10.1 Å². The van der Waals surface area contributed by atoms with Gasteiger partial charge in [0.1, 0.15) is 5.75 Å². The van der Waals surface area contributed by atoms with Crippen molar-refractivity contribution in [3.8, 4) is 11.6 Å². The summed E-state index contributed by atoms with van der Waals surface area (Å²) in [5, 5.41) is 4.48. The summed E-state index contributed by atoms with van der Waals surface area (Å²) in [6, 6.07) is 7.91. The van der Waals surface area contributed by atoms with E-state index in [1.54, 1.807) is 18.3 Å². The second-order valence-electron chi connectivity index (χ2n) is 4.92. The predicted octanol–water partition coefficient (Wildman–Crippen LogP) is 5.20. The SMILES string of the molecule is Clc1cc(Oc2ncccc2CNC2CC2)c(Cl)cc1Br. The molecule has 1 fully saturated rings. The van der Waals surface area contributed by atoms with E-state index in [0.29, 0.717) is 27.7 Å². The van der Waals surface area contributed by atoms with E-state index in [1.807, 2.05) is 12.1 Å². The topological polar surface area (TPSA) is 34.1 Å². The first-order valence-electron chi connectivity index (χ1n) is 6.63. The predicted molar refractivity (Wildman–Crippen MR) is 88.3 cm³/mol. The maximum Gasteiger partial charge on any atom is 0.223 e. The molecule has 2 aromatic rings. The third kappa shape index (κ3) is 3.89. The zero-order valence-electron chi connectivity index (χ0n) is 11.1. The molecule has 1 aromatic heterocycles. The summed E-state index contributed by atoms with van der Waals surface area (Å²) in [5.41, 5.74) is 1.000. The first-order valence-corrected chi connectivity index (χ1v) is 8.18. The van der Waals surface area contributed by atoms with Gasteiger partial charge in [0.05, 0.1) is 10.0 Å². The van der Waals surface area contributed by atoms with Gasteiger partial charge in [-0.3, -0.25) is 0 Å². The molecule has 0 spiro atoms. The van der Waals surface area contributed by atoms with Gasteiger partial charge in [-0.05, 0) is 40.9 Å². The van der Waals surface area contributed by atoms with Crippen LogP contribution in [0.4, 0.5) is 0 Å². The molecule has 0 amide bonds. The number of ether oxygens (including phenoxy) is 1. The number of halogens is 3. The van der Waals surface area contributed by atoms with Gasteiger partial charge in [-0.25, -0.2) is 4.98 Å². The van der Waals surface area contributed by atoms with Gasteiger partial charge >= 0.3 is 0 Å². The second kappa shape index (κ2) is 6.53. The standard InChI is InChI=1S/C15H13BrCl2N2O/c16-11-6-13(18)14(7-12(11)17)21-15-9(2-1-5-19-15)8-20-10-3-4-10/h1-2,5-7,10,20H,3-4,8H2. The van der Waals surface area contributed by atoms with Crippen LogP contribution in [-0.4, -0.2) is 11.0 Å². The third-order valence-corrected chi connectivity index (χ3v) is 4.68. The summed E-state index contributed by atoms with van der Waals surface area (Å²) >= 11 is 15.6. The Balaban J connectivity index is 1.82. The van der Waals surface area contributed by atoms with Gasteiger partial charge in [-0.1, -0.05) is 29.3 Å². The lowest BCUT2D eigenvalue weighted by atomic mass is 10.2. The Morgan fingerprint density at radius 1 is 1.29 bits per heavy atom. The molecular formula is C15H13BrCl2N2O. The monoisotopic (exact) mass is 386 g/mol. The van der Waals surface area contributed by atoms with Crippen molar-refractivity contribution < 1.29 is 4.74 Å². The Labute approximate surface area is 141 Å². The van der Waals surface area contributed by atoms with Crippen LogP contribution < -0.4 is 10.1 Å². The van der Waals surface area contributed by atoms with E-state index in [2.05, 4.69) is 26.2 Å². The van der Waals surface area contributed by atoms with E-state index >= 15 is 0 Å². The molecule has 6 heteroatoms. The van der Waals surface area contributed by atoms with Crippen LogP contribution in [0.1, 0.15) is 18.4 Å². The smallest absolute Gasteiger partial charge is 0.223 e. The zero-order chi connectivity index (χ0) is 14.8. The highest BCUT2D eigenvalue weighted by atomic mass is 79.9. The minimum Gasteiger partial charge on any atom is -0.437 e. The zero-order valence-corrected chi connectivity index (χ0v) is 14.2. The fourth-order valence-corrected chi connectivity index (χ4v) is 2.71. The number of aromatic nitrogens is 1. The quantitative estimate of drug-likeness (QED) is 0.716. The van der Waals surface area contributed by atoms with Gasteiger partial charge in [0.2, 0.25) is 5.88 Å². The number of nitrogens with one attached hydrogen (secondary N) is 1. The Morgan fingerprint density at radius 3 is 2.86 bits per heavy atom. The second-order valence-corrected chi connectivity index (χ2v) is 6.59. The number of nitrogens with zero attached hydrogens (tertiary/aromatic N) is 1. The van der Waals surface area contributed by atoms with Gasteiger partial charge in [0.15, 0.2) is 0 Å². The van der Waals surface area contributed by atoms with E-state index in [0.717, 1.165) is 16.6 Å². The summed E-state index contributed by atoms with van der Waals surface area (Å²) in [6.07, 6.45) is 4.18. The first-order chi connectivity index (χ1) is 10.1. The molecule has 1 N–H and O–H groups in total. The van der Waals surface area contributed by atoms with Crippen molar-refractivity contribution in [2.75, 3.05) is 0 Å². The van der Waals surface area contributed by atoms with Crippen molar-refractivity contribution in [1.29, 1.82) is 0 Å². The van der Waals surface area contributed by atoms with Crippen LogP contribution in [0.15, 0.2) is 34.9 Å². The minimum atomic E-state index is 0.484. The average Bonchev–Trinajstić information content (AvgIpc) is 3.28. The Hall–Kier alpha value is -0.810. The molecule has 1 saturated carbocycles. The van der Waals surface area contributed by atoms with E-state index in [1.165, 1.54) is 12.8 Å². The highest BCUT2D eigenvalue weighted by Crippen LogP contribution is 2.36. The lowest BCUT2D eigenvalue weighted by molar-refractivity contribution is 0.453. The van der Waals surface area contributed by atoms with Crippen molar-refractivity contribution >= 4 is 39.1 Å². The highest BCUT2D eigenvalue weighted by molar-refractivity contribution is 9.10. The van der Waals surface area contributed by atoms with E-state index in [9.17, 15) is 0 Å². The van der Waals surface area contributed by atoms with Crippen molar-refractivity contribution in [2.24, 2.45) is 0 Å². The molecule has 1 aliphatic rings. The van der Waals surface area contributed by atoms with Crippen LogP contribution in [0.25, 0.3) is 0 Å². The lowest BCUT2D eigenvalue weighted by Crippen LogP contribution is -2.16. The molecule has 110 valence electrons. The molecule has 21 heavy (non-hydrogen) atoms. The maximum atomic E-state index is 6.18. The molecule has 3 nitrogen and oxygen atoms in total. The fraction of sp³-hybridized carbons (Fsp3) is 0.267. The summed E-state index contributed by atoms with van der Waals surface area (Å²) in [5.74, 6) is 1.04. The normalized spacial score (nSPS) is 14.2. The van der Waals surface area contributed by atoms with Crippen LogP contribution in [0.5, 0.6) is 11.6 Å². The van der Waals surface area contributed by atoms with E-state index in [-0.39, 0.29) is 0 Å². The molecule has 0 unspecified atom stereocenters. The van der Waals surface area contributed by atoms with E-state index in [4.69, 9.17) is 27.9 Å². The molecule has 3 rings (SSSR count). The van der Waals surface area contributed by atoms with Crippen LogP contribution in [0.2, 0.25) is 10.0 Å². The lowest BCUT2D eigenvalue weighted by Gasteiger charge is -2.12. The molecule has 0 atom stereocenters.